The van der Waals surface area contributed by atoms with Gasteiger partial charge in [0, 0.05) is 21.7 Å². The maximum atomic E-state index is 13.6. The molecule has 2 bridgehead atoms. The Balaban J connectivity index is 1.43. The van der Waals surface area contributed by atoms with E-state index in [0.717, 1.165) is 17.5 Å². The molecule has 5 nitrogen and oxygen atoms in total. The number of nitrogens with zero attached hydrogens (tertiary/aromatic N) is 3. The molecule has 1 aromatic carbocycles. The maximum absolute atomic E-state index is 13.6. The summed E-state index contributed by atoms with van der Waals surface area (Å²) < 4.78 is 5.43. The Hall–Kier alpha value is -2.04. The predicted molar refractivity (Wildman–Crippen MR) is 96.8 cm³/mol. The summed E-state index contributed by atoms with van der Waals surface area (Å²) in [4.78, 5) is 27.2. The minimum Gasteiger partial charge on any atom is -0.245 e. The van der Waals surface area contributed by atoms with Gasteiger partial charge in [0.15, 0.2) is 0 Å². The van der Waals surface area contributed by atoms with Crippen molar-refractivity contribution in [2.45, 2.75) is 50.6 Å². The molecule has 4 unspecified atom stereocenters. The van der Waals surface area contributed by atoms with Gasteiger partial charge >= 0.3 is 11.4 Å². The van der Waals surface area contributed by atoms with Crippen LogP contribution in [-0.2, 0) is 0 Å². The van der Waals surface area contributed by atoms with Gasteiger partial charge in [-0.25, -0.2) is 23.5 Å². The summed E-state index contributed by atoms with van der Waals surface area (Å²) in [5, 5.41) is 0. The molecule has 3 heterocycles. The van der Waals surface area contributed by atoms with Crippen LogP contribution in [0.3, 0.4) is 0 Å². The summed E-state index contributed by atoms with van der Waals surface area (Å²) in [7, 11) is 0. The molecule has 4 spiro atoms. The lowest BCUT2D eigenvalue weighted by atomic mass is 8.98. The lowest BCUT2D eigenvalue weighted by Crippen LogP contribution is -3.06. The molecule has 6 fully saturated rings. The van der Waals surface area contributed by atoms with Crippen molar-refractivity contribution in [3.8, 4) is 5.69 Å². The fourth-order valence-electron chi connectivity index (χ4n) is 11.6. The van der Waals surface area contributed by atoms with Gasteiger partial charge in [0.05, 0.1) is 17.8 Å². The molecule has 0 N–H and O–H groups in total. The number of hydrogen-bond donors (Lipinski definition) is 0. The van der Waals surface area contributed by atoms with E-state index in [1.165, 1.54) is 43.1 Å². The van der Waals surface area contributed by atoms with Gasteiger partial charge in [-0.15, -0.1) is 0 Å². The highest BCUT2D eigenvalue weighted by atomic mass is 16.2. The first kappa shape index (κ1) is 13.2. The van der Waals surface area contributed by atoms with Gasteiger partial charge in [-0.2, -0.15) is 0 Å². The molecule has 6 saturated carbocycles. The first-order valence-electron chi connectivity index (χ1n) is 10.7. The van der Waals surface area contributed by atoms with Crippen LogP contribution in [0.5, 0.6) is 0 Å². The Labute approximate surface area is 155 Å². The van der Waals surface area contributed by atoms with Gasteiger partial charge in [-0.3, -0.25) is 0 Å². The Morgan fingerprint density at radius 2 is 1.15 bits per heavy atom. The van der Waals surface area contributed by atoms with Crippen molar-refractivity contribution in [2.75, 3.05) is 0 Å². The lowest BCUT2D eigenvalue weighted by molar-refractivity contribution is -0.615. The Morgan fingerprint density at radius 1 is 0.704 bits per heavy atom. The Kier molecular flexibility index (Phi) is 1.56. The summed E-state index contributed by atoms with van der Waals surface area (Å²) in [5.74, 6) is 1.76. The second-order valence-electron chi connectivity index (χ2n) is 10.6. The minimum absolute atomic E-state index is 0.0836. The number of aromatic nitrogens is 3. The quantitative estimate of drug-likeness (QED) is 0.785. The van der Waals surface area contributed by atoms with Crippen molar-refractivity contribution in [1.82, 2.24) is 13.9 Å². The zero-order chi connectivity index (χ0) is 17.6. The summed E-state index contributed by atoms with van der Waals surface area (Å²) in [6.07, 6.45) is 7.79. The van der Waals surface area contributed by atoms with E-state index in [2.05, 4.69) is 0 Å². The average molecular weight is 359 g/mol. The molecule has 8 atom stereocenters. The molecule has 27 heavy (non-hydrogen) atoms. The molecule has 10 rings (SSSR count). The van der Waals surface area contributed by atoms with E-state index in [1.807, 2.05) is 39.7 Å². The second-order valence-corrected chi connectivity index (χ2v) is 10.6. The number of hydrogen-bond acceptors (Lipinski definition) is 2. The number of rotatable bonds is 1. The van der Waals surface area contributed by atoms with Crippen LogP contribution >= 0.6 is 0 Å². The maximum Gasteiger partial charge on any atom is 0.352 e. The van der Waals surface area contributed by atoms with Crippen molar-refractivity contribution < 1.29 is 0 Å². The van der Waals surface area contributed by atoms with Gasteiger partial charge < -0.3 is 0 Å². The van der Waals surface area contributed by atoms with E-state index in [1.54, 1.807) is 0 Å². The number of benzene rings is 1. The van der Waals surface area contributed by atoms with Gasteiger partial charge in [0.25, 0.3) is 0 Å². The fourth-order valence-corrected chi connectivity index (χ4v) is 11.6. The van der Waals surface area contributed by atoms with Crippen LogP contribution in [0.2, 0.25) is 0 Å². The SMILES string of the molecule is O=c1n(-c2ccccc2)c(=O)n2n1C1[C@@]34CCC[C@@]35C3C4[C@]14CCC[C@]34C25. The Morgan fingerprint density at radius 3 is 1.59 bits per heavy atom. The van der Waals surface area contributed by atoms with Crippen LogP contribution in [0.15, 0.2) is 39.9 Å². The largest absolute Gasteiger partial charge is 0.352 e. The van der Waals surface area contributed by atoms with Crippen LogP contribution in [0.4, 0.5) is 0 Å². The molecule has 6 aliphatic carbocycles. The molecule has 1 aromatic heterocycles. The molecule has 136 valence electrons. The van der Waals surface area contributed by atoms with Crippen molar-refractivity contribution in [2.24, 2.45) is 33.5 Å². The van der Waals surface area contributed by atoms with Crippen LogP contribution in [0.25, 0.3) is 5.69 Å². The van der Waals surface area contributed by atoms with E-state index in [-0.39, 0.29) is 11.4 Å². The van der Waals surface area contributed by atoms with Crippen LogP contribution in [-0.4, -0.2) is 13.9 Å². The van der Waals surface area contributed by atoms with E-state index in [0.29, 0.717) is 33.7 Å². The lowest BCUT2D eigenvalue weighted by Gasteiger charge is -3.07. The smallest absolute Gasteiger partial charge is 0.245 e. The number of para-hydroxylation sites is 1. The van der Waals surface area contributed by atoms with Gasteiger partial charge in [-0.1, -0.05) is 31.0 Å². The molecular weight excluding hydrogens is 338 g/mol. The van der Waals surface area contributed by atoms with E-state index >= 15 is 0 Å². The monoisotopic (exact) mass is 359 g/mol. The first-order chi connectivity index (χ1) is 13.2. The van der Waals surface area contributed by atoms with Gasteiger partial charge in [-0.05, 0) is 49.7 Å². The molecule has 2 aromatic rings. The van der Waals surface area contributed by atoms with Crippen molar-refractivity contribution in [3.63, 3.8) is 0 Å². The minimum atomic E-state index is -0.0836. The van der Waals surface area contributed by atoms with Crippen molar-refractivity contribution in [1.29, 1.82) is 0 Å². The van der Waals surface area contributed by atoms with E-state index < -0.39 is 0 Å². The van der Waals surface area contributed by atoms with Gasteiger partial charge in [0.2, 0.25) is 0 Å². The van der Waals surface area contributed by atoms with Gasteiger partial charge in [0.1, 0.15) is 0 Å². The normalized spacial score (nSPS) is 55.4. The Bertz CT molecular complexity index is 1130. The average Bonchev–Trinajstić information content (AvgIpc) is 3.30. The zero-order valence-corrected chi connectivity index (χ0v) is 15.1. The third-order valence-corrected chi connectivity index (χ3v) is 11.1. The predicted octanol–water partition coefficient (Wildman–Crippen LogP) is 2.50. The molecule has 0 saturated heterocycles. The molecule has 0 radical (unpaired) electrons. The third kappa shape index (κ3) is 0.752. The fraction of sp³-hybridized carbons (Fsp3) is 0.636. The first-order valence-corrected chi connectivity index (χ1v) is 10.7. The van der Waals surface area contributed by atoms with Crippen molar-refractivity contribution in [3.05, 3.63) is 51.3 Å². The summed E-state index contributed by atoms with van der Waals surface area (Å²) >= 11 is 0. The zero-order valence-electron chi connectivity index (χ0n) is 15.1. The summed E-state index contributed by atoms with van der Waals surface area (Å²) in [6.45, 7) is 0. The summed E-state index contributed by atoms with van der Waals surface area (Å²) in [6, 6.07) is 10.1. The molecule has 0 amide bonds. The molecule has 8 aliphatic rings. The topological polar surface area (TPSA) is 48.9 Å². The molecular formula is C22H21N3O2. The standard InChI is InChI=1S/C22H21N3O2/c26-17-23(12-6-2-1-3-7-12)18(27)25-16-20-9-4-8-19(20)13-14(20)22(16)11-5-10-21(13,22)15(19)24(17)25/h1-3,6-7,13-16H,4-5,8-11H2/t13?,14?,15?,16?,19-,20-,21+,22+. The third-order valence-electron chi connectivity index (χ3n) is 11.1. The van der Waals surface area contributed by atoms with Crippen LogP contribution in [0, 0.1) is 33.5 Å². The summed E-state index contributed by atoms with van der Waals surface area (Å²) in [5.41, 5.74) is 2.03. The highest BCUT2D eigenvalue weighted by Gasteiger charge is 3.12. The van der Waals surface area contributed by atoms with E-state index in [9.17, 15) is 9.59 Å². The molecule has 5 heteroatoms. The van der Waals surface area contributed by atoms with E-state index in [4.69, 9.17) is 0 Å². The van der Waals surface area contributed by atoms with Crippen molar-refractivity contribution >= 4 is 0 Å². The molecule has 2 aliphatic heterocycles. The second kappa shape index (κ2) is 3.19. The van der Waals surface area contributed by atoms with Crippen LogP contribution < -0.4 is 11.4 Å². The highest BCUT2D eigenvalue weighted by Crippen LogP contribution is 3.14. The van der Waals surface area contributed by atoms with Crippen LogP contribution in [0.1, 0.15) is 50.6 Å². The highest BCUT2D eigenvalue weighted by molar-refractivity contribution is 5.58.